The van der Waals surface area contributed by atoms with Gasteiger partial charge in [-0.15, -0.1) is 11.8 Å². The molecule has 0 radical (unpaired) electrons. The van der Waals surface area contributed by atoms with Gasteiger partial charge in [0.25, 0.3) is 5.56 Å². The van der Waals surface area contributed by atoms with E-state index in [1.165, 1.54) is 22.4 Å². The summed E-state index contributed by atoms with van der Waals surface area (Å²) >= 11 is 1.36. The molecule has 0 aliphatic carbocycles. The summed E-state index contributed by atoms with van der Waals surface area (Å²) in [6.45, 7) is 4.39. The van der Waals surface area contributed by atoms with Crippen LogP contribution in [0.3, 0.4) is 0 Å². The predicted octanol–water partition coefficient (Wildman–Crippen LogP) is 0.914. The molecule has 0 unspecified atom stereocenters. The Morgan fingerprint density at radius 3 is 2.57 bits per heavy atom. The molecule has 78 valence electrons. The highest BCUT2D eigenvalue weighted by Crippen LogP contribution is 2.04. The summed E-state index contributed by atoms with van der Waals surface area (Å²) in [5, 5.41) is 0.611. The minimum Gasteiger partial charge on any atom is -0.302 e. The van der Waals surface area contributed by atoms with Crippen LogP contribution in [0.1, 0.15) is 13.8 Å². The predicted molar refractivity (Wildman–Crippen MR) is 57.9 cm³/mol. The molecule has 0 saturated carbocycles. The normalized spacial score (nSPS) is 10.9. The Morgan fingerprint density at radius 2 is 2.14 bits per heavy atom. The molecule has 4 nitrogen and oxygen atoms in total. The van der Waals surface area contributed by atoms with Crippen LogP contribution in [0.15, 0.2) is 20.7 Å². The van der Waals surface area contributed by atoms with Crippen molar-refractivity contribution in [3.8, 4) is 0 Å². The van der Waals surface area contributed by atoms with Crippen molar-refractivity contribution in [3.05, 3.63) is 26.9 Å². The Morgan fingerprint density at radius 1 is 1.50 bits per heavy atom. The van der Waals surface area contributed by atoms with E-state index in [1.54, 1.807) is 0 Å². The molecule has 1 N–H and O–H groups in total. The SMILES string of the molecule is CSc1cc(=O)n(CC(C)C)c(=O)[nH]1. The van der Waals surface area contributed by atoms with Crippen LogP contribution >= 0.6 is 11.8 Å². The first kappa shape index (κ1) is 11.1. The lowest BCUT2D eigenvalue weighted by Crippen LogP contribution is -2.36. The minimum absolute atomic E-state index is 0.230. The van der Waals surface area contributed by atoms with Crippen molar-refractivity contribution < 1.29 is 0 Å². The van der Waals surface area contributed by atoms with Crippen LogP contribution in [0.5, 0.6) is 0 Å². The molecule has 1 heterocycles. The number of aromatic nitrogens is 2. The fourth-order valence-corrected chi connectivity index (χ4v) is 1.56. The van der Waals surface area contributed by atoms with Gasteiger partial charge in [-0.25, -0.2) is 4.79 Å². The Balaban J connectivity index is 3.19. The van der Waals surface area contributed by atoms with Crippen LogP contribution in [0.4, 0.5) is 0 Å². The fourth-order valence-electron chi connectivity index (χ4n) is 1.15. The maximum absolute atomic E-state index is 11.5. The summed E-state index contributed by atoms with van der Waals surface area (Å²) in [5.41, 5.74) is -0.553. The lowest BCUT2D eigenvalue weighted by atomic mass is 10.2. The first-order valence-electron chi connectivity index (χ1n) is 4.42. The summed E-state index contributed by atoms with van der Waals surface area (Å²) < 4.78 is 1.23. The Labute approximate surface area is 86.4 Å². The van der Waals surface area contributed by atoms with Crippen LogP contribution < -0.4 is 11.2 Å². The molecule has 1 aromatic heterocycles. The van der Waals surface area contributed by atoms with Gasteiger partial charge in [-0.1, -0.05) is 13.8 Å². The number of thioether (sulfide) groups is 1. The molecule has 5 heteroatoms. The van der Waals surface area contributed by atoms with E-state index in [9.17, 15) is 9.59 Å². The zero-order chi connectivity index (χ0) is 10.7. The Hall–Kier alpha value is -0.970. The van der Waals surface area contributed by atoms with E-state index in [4.69, 9.17) is 0 Å². The molecule has 0 saturated heterocycles. The maximum Gasteiger partial charge on any atom is 0.329 e. The van der Waals surface area contributed by atoms with Crippen LogP contribution in [0.2, 0.25) is 0 Å². The van der Waals surface area contributed by atoms with E-state index in [0.29, 0.717) is 11.6 Å². The number of hydrogen-bond acceptors (Lipinski definition) is 3. The third kappa shape index (κ3) is 2.51. The summed E-state index contributed by atoms with van der Waals surface area (Å²) in [6.07, 6.45) is 1.82. The molecular formula is C9H14N2O2S. The molecule has 14 heavy (non-hydrogen) atoms. The van der Waals surface area contributed by atoms with Crippen molar-refractivity contribution in [1.29, 1.82) is 0 Å². The molecule has 0 aliphatic rings. The van der Waals surface area contributed by atoms with E-state index in [1.807, 2.05) is 20.1 Å². The van der Waals surface area contributed by atoms with E-state index in [2.05, 4.69) is 4.98 Å². The highest BCUT2D eigenvalue weighted by Gasteiger charge is 2.05. The Kier molecular flexibility index (Phi) is 3.57. The third-order valence-electron chi connectivity index (χ3n) is 1.76. The molecule has 0 fully saturated rings. The second-order valence-corrected chi connectivity index (χ2v) is 4.33. The third-order valence-corrected chi connectivity index (χ3v) is 2.42. The Bertz CT molecular complexity index is 388. The second kappa shape index (κ2) is 4.50. The summed E-state index contributed by atoms with van der Waals surface area (Å²) in [6, 6.07) is 1.45. The summed E-state index contributed by atoms with van der Waals surface area (Å²) in [4.78, 5) is 25.6. The first-order chi connectivity index (χ1) is 6.54. The number of nitrogens with zero attached hydrogens (tertiary/aromatic N) is 1. The van der Waals surface area contributed by atoms with Gasteiger partial charge in [0.1, 0.15) is 0 Å². The van der Waals surface area contributed by atoms with Crippen molar-refractivity contribution in [2.45, 2.75) is 25.4 Å². The monoisotopic (exact) mass is 214 g/mol. The van der Waals surface area contributed by atoms with Crippen LogP contribution in [-0.2, 0) is 6.54 Å². The van der Waals surface area contributed by atoms with Crippen LogP contribution in [0, 0.1) is 5.92 Å². The zero-order valence-electron chi connectivity index (χ0n) is 8.53. The molecule has 0 aliphatic heterocycles. The van der Waals surface area contributed by atoms with Gasteiger partial charge in [-0.3, -0.25) is 9.36 Å². The van der Waals surface area contributed by atoms with Crippen molar-refractivity contribution in [3.63, 3.8) is 0 Å². The zero-order valence-corrected chi connectivity index (χ0v) is 9.35. The number of H-pyrrole nitrogens is 1. The van der Waals surface area contributed by atoms with Gasteiger partial charge in [0.2, 0.25) is 0 Å². The summed E-state index contributed by atoms with van der Waals surface area (Å²) in [7, 11) is 0. The van der Waals surface area contributed by atoms with E-state index in [0.717, 1.165) is 0 Å². The van der Waals surface area contributed by atoms with E-state index >= 15 is 0 Å². The van der Waals surface area contributed by atoms with Gasteiger partial charge in [-0.05, 0) is 12.2 Å². The van der Waals surface area contributed by atoms with Crippen molar-refractivity contribution in [2.75, 3.05) is 6.26 Å². The number of hydrogen-bond donors (Lipinski definition) is 1. The number of aromatic amines is 1. The molecule has 0 amide bonds. The van der Waals surface area contributed by atoms with E-state index < -0.39 is 0 Å². The largest absolute Gasteiger partial charge is 0.329 e. The molecule has 1 rings (SSSR count). The first-order valence-corrected chi connectivity index (χ1v) is 5.65. The number of nitrogens with one attached hydrogen (secondary N) is 1. The van der Waals surface area contributed by atoms with Gasteiger partial charge in [0.05, 0.1) is 5.03 Å². The maximum atomic E-state index is 11.5. The van der Waals surface area contributed by atoms with Gasteiger partial charge in [-0.2, -0.15) is 0 Å². The van der Waals surface area contributed by atoms with Gasteiger partial charge in [0.15, 0.2) is 0 Å². The average Bonchev–Trinajstić information content (AvgIpc) is 2.10. The molecule has 0 bridgehead atoms. The smallest absolute Gasteiger partial charge is 0.302 e. The molecule has 0 aromatic carbocycles. The number of rotatable bonds is 3. The molecular weight excluding hydrogens is 200 g/mol. The molecule has 0 atom stereocenters. The van der Waals surface area contributed by atoms with Gasteiger partial charge in [0, 0.05) is 12.6 Å². The van der Waals surface area contributed by atoms with Crippen molar-refractivity contribution >= 4 is 11.8 Å². The van der Waals surface area contributed by atoms with Gasteiger partial charge >= 0.3 is 5.69 Å². The van der Waals surface area contributed by atoms with E-state index in [-0.39, 0.29) is 17.2 Å². The fraction of sp³-hybridized carbons (Fsp3) is 0.556. The van der Waals surface area contributed by atoms with Crippen LogP contribution in [-0.4, -0.2) is 15.8 Å². The highest BCUT2D eigenvalue weighted by atomic mass is 32.2. The minimum atomic E-state index is -0.324. The average molecular weight is 214 g/mol. The van der Waals surface area contributed by atoms with Crippen LogP contribution in [0.25, 0.3) is 0 Å². The molecule has 1 aromatic rings. The summed E-state index contributed by atoms with van der Waals surface area (Å²) in [5.74, 6) is 0.286. The van der Waals surface area contributed by atoms with Crippen molar-refractivity contribution in [2.24, 2.45) is 5.92 Å². The lowest BCUT2D eigenvalue weighted by molar-refractivity contribution is 0.488. The second-order valence-electron chi connectivity index (χ2n) is 3.49. The van der Waals surface area contributed by atoms with Crippen molar-refractivity contribution in [1.82, 2.24) is 9.55 Å². The topological polar surface area (TPSA) is 54.9 Å². The quantitative estimate of drug-likeness (QED) is 0.601. The molecule has 0 spiro atoms. The standard InChI is InChI=1S/C9H14N2O2S/c1-6(2)5-11-8(12)4-7(14-3)10-9(11)13/h4,6H,5H2,1-3H3,(H,10,13). The van der Waals surface area contributed by atoms with Gasteiger partial charge < -0.3 is 4.98 Å². The highest BCUT2D eigenvalue weighted by molar-refractivity contribution is 7.98. The lowest BCUT2D eigenvalue weighted by Gasteiger charge is -2.07.